The van der Waals surface area contributed by atoms with Gasteiger partial charge in [-0.1, -0.05) is 11.6 Å². The van der Waals surface area contributed by atoms with Crippen LogP contribution in [0.1, 0.15) is 11.1 Å². The zero-order valence-corrected chi connectivity index (χ0v) is 10.4. The number of nitrogens with two attached hydrogens (primary N) is 1. The number of halogens is 1. The van der Waals surface area contributed by atoms with Gasteiger partial charge in [0.15, 0.2) is 5.82 Å². The van der Waals surface area contributed by atoms with Gasteiger partial charge in [-0.2, -0.15) is 10.5 Å². The molecule has 3 N–H and O–H groups in total. The van der Waals surface area contributed by atoms with Crippen molar-refractivity contribution in [2.45, 2.75) is 0 Å². The number of pyridine rings is 1. The first-order chi connectivity index (χ1) is 9.15. The van der Waals surface area contributed by atoms with Crippen LogP contribution in [0.25, 0.3) is 0 Å². The Labute approximate surface area is 114 Å². The summed E-state index contributed by atoms with van der Waals surface area (Å²) in [7, 11) is 0. The largest absolute Gasteiger partial charge is 0.395 e. The van der Waals surface area contributed by atoms with Crippen LogP contribution in [-0.2, 0) is 0 Å². The van der Waals surface area contributed by atoms with E-state index in [2.05, 4.69) is 10.3 Å². The highest BCUT2D eigenvalue weighted by Crippen LogP contribution is 2.27. The molecule has 0 aliphatic rings. The number of nitrogens with zero attached hydrogens (tertiary/aromatic N) is 3. The molecule has 0 spiro atoms. The van der Waals surface area contributed by atoms with E-state index in [9.17, 15) is 0 Å². The molecule has 0 atom stereocenters. The van der Waals surface area contributed by atoms with E-state index >= 15 is 0 Å². The topological polar surface area (TPSA) is 98.5 Å². The van der Waals surface area contributed by atoms with Gasteiger partial charge in [0, 0.05) is 11.2 Å². The monoisotopic (exact) mass is 269 g/mol. The number of hydrogen-bond acceptors (Lipinski definition) is 5. The fourth-order valence-corrected chi connectivity index (χ4v) is 1.69. The Morgan fingerprint density at radius 1 is 1.16 bits per heavy atom. The maximum atomic E-state index is 9.02. The highest BCUT2D eigenvalue weighted by Gasteiger charge is 2.09. The summed E-state index contributed by atoms with van der Waals surface area (Å²) in [5.74, 6) is 0.317. The van der Waals surface area contributed by atoms with Crippen LogP contribution < -0.4 is 11.1 Å². The van der Waals surface area contributed by atoms with Crippen molar-refractivity contribution in [2.24, 2.45) is 0 Å². The first-order valence-electron chi connectivity index (χ1n) is 5.27. The lowest BCUT2D eigenvalue weighted by Crippen LogP contribution is -2.02. The van der Waals surface area contributed by atoms with Crippen molar-refractivity contribution in [1.29, 1.82) is 10.5 Å². The number of nitriles is 2. The lowest BCUT2D eigenvalue weighted by atomic mass is 10.2. The van der Waals surface area contributed by atoms with Crippen LogP contribution in [0.4, 0.5) is 17.2 Å². The van der Waals surface area contributed by atoms with Crippen molar-refractivity contribution in [1.82, 2.24) is 4.98 Å². The average Bonchev–Trinajstić information content (AvgIpc) is 2.41. The number of nitrogen functional groups attached to an aromatic ring is 1. The van der Waals surface area contributed by atoms with Gasteiger partial charge in [-0.3, -0.25) is 0 Å². The predicted molar refractivity (Wildman–Crippen MR) is 72.8 cm³/mol. The lowest BCUT2D eigenvalue weighted by Gasteiger charge is -2.10. The van der Waals surface area contributed by atoms with Gasteiger partial charge in [-0.25, -0.2) is 4.98 Å². The zero-order chi connectivity index (χ0) is 13.8. The van der Waals surface area contributed by atoms with Crippen LogP contribution >= 0.6 is 11.6 Å². The van der Waals surface area contributed by atoms with Gasteiger partial charge in [0.2, 0.25) is 0 Å². The Kier molecular flexibility index (Phi) is 3.51. The first-order valence-corrected chi connectivity index (χ1v) is 5.64. The molecule has 1 aromatic carbocycles. The second-order valence-electron chi connectivity index (χ2n) is 3.66. The summed E-state index contributed by atoms with van der Waals surface area (Å²) in [5.41, 5.74) is 7.26. The van der Waals surface area contributed by atoms with E-state index in [1.807, 2.05) is 12.1 Å². The van der Waals surface area contributed by atoms with Crippen LogP contribution in [0.15, 0.2) is 30.5 Å². The molecule has 0 amide bonds. The lowest BCUT2D eigenvalue weighted by molar-refractivity contribution is 1.29. The highest BCUT2D eigenvalue weighted by atomic mass is 35.5. The van der Waals surface area contributed by atoms with Gasteiger partial charge in [0.1, 0.15) is 12.1 Å². The summed E-state index contributed by atoms with van der Waals surface area (Å²) >= 11 is 5.88. The van der Waals surface area contributed by atoms with Crippen LogP contribution in [-0.4, -0.2) is 4.98 Å². The van der Waals surface area contributed by atoms with Crippen molar-refractivity contribution < 1.29 is 0 Å². The molecule has 0 fully saturated rings. The Morgan fingerprint density at radius 3 is 2.58 bits per heavy atom. The molecule has 92 valence electrons. The summed E-state index contributed by atoms with van der Waals surface area (Å²) in [6, 6.07) is 10.3. The molecule has 6 heteroatoms. The standard InChI is InChI=1S/C13H8ClN5/c14-10-2-1-8(6-15)11(5-10)19-13-12(17)9(7-16)3-4-18-13/h1-5H,17H2,(H,18,19). The van der Waals surface area contributed by atoms with Gasteiger partial charge in [-0.15, -0.1) is 0 Å². The first kappa shape index (κ1) is 12.7. The average molecular weight is 270 g/mol. The van der Waals surface area contributed by atoms with E-state index < -0.39 is 0 Å². The Bertz CT molecular complexity index is 712. The normalized spacial score (nSPS) is 9.42. The van der Waals surface area contributed by atoms with Crippen LogP contribution in [0.3, 0.4) is 0 Å². The van der Waals surface area contributed by atoms with E-state index in [4.69, 9.17) is 27.9 Å². The quantitative estimate of drug-likeness (QED) is 0.873. The molecule has 0 saturated heterocycles. The molecule has 0 saturated carbocycles. The fraction of sp³-hybridized carbons (Fsp3) is 0. The Morgan fingerprint density at radius 2 is 1.89 bits per heavy atom. The molecule has 2 aromatic rings. The summed E-state index contributed by atoms with van der Waals surface area (Å²) in [6.07, 6.45) is 1.47. The third kappa shape index (κ3) is 2.57. The van der Waals surface area contributed by atoms with Crippen molar-refractivity contribution in [3.05, 3.63) is 46.6 Å². The molecule has 1 heterocycles. The fourth-order valence-electron chi connectivity index (χ4n) is 1.52. The molecule has 0 aliphatic heterocycles. The summed E-state index contributed by atoms with van der Waals surface area (Å²) < 4.78 is 0. The van der Waals surface area contributed by atoms with E-state index in [1.165, 1.54) is 12.3 Å². The van der Waals surface area contributed by atoms with Crippen molar-refractivity contribution in [3.63, 3.8) is 0 Å². The molecule has 0 radical (unpaired) electrons. The number of nitrogens with one attached hydrogen (secondary N) is 1. The molecule has 5 nitrogen and oxygen atoms in total. The maximum absolute atomic E-state index is 9.02. The van der Waals surface area contributed by atoms with Gasteiger partial charge in [0.05, 0.1) is 22.5 Å². The summed E-state index contributed by atoms with van der Waals surface area (Å²) in [4.78, 5) is 4.05. The number of hydrogen-bond donors (Lipinski definition) is 2. The number of aromatic nitrogens is 1. The Balaban J connectivity index is 2.46. The predicted octanol–water partition coefficient (Wildman–Crippen LogP) is 2.80. The van der Waals surface area contributed by atoms with E-state index in [0.29, 0.717) is 27.7 Å². The minimum Gasteiger partial charge on any atom is -0.395 e. The molecule has 0 aliphatic carbocycles. The molecular weight excluding hydrogens is 262 g/mol. The van der Waals surface area contributed by atoms with E-state index in [0.717, 1.165) is 0 Å². The molecule has 0 unspecified atom stereocenters. The van der Waals surface area contributed by atoms with Crippen molar-refractivity contribution in [3.8, 4) is 12.1 Å². The van der Waals surface area contributed by atoms with Crippen LogP contribution in [0, 0.1) is 22.7 Å². The third-order valence-corrected chi connectivity index (χ3v) is 2.70. The SMILES string of the molecule is N#Cc1ccc(Cl)cc1Nc1nccc(C#N)c1N. The van der Waals surface area contributed by atoms with Gasteiger partial charge in [0.25, 0.3) is 0 Å². The minimum absolute atomic E-state index is 0.230. The van der Waals surface area contributed by atoms with E-state index in [1.54, 1.807) is 18.2 Å². The van der Waals surface area contributed by atoms with Gasteiger partial charge in [-0.05, 0) is 24.3 Å². The zero-order valence-electron chi connectivity index (χ0n) is 9.68. The number of rotatable bonds is 2. The van der Waals surface area contributed by atoms with Crippen molar-refractivity contribution >= 4 is 28.8 Å². The van der Waals surface area contributed by atoms with Gasteiger partial charge < -0.3 is 11.1 Å². The molecular formula is C13H8ClN5. The summed E-state index contributed by atoms with van der Waals surface area (Å²) in [5, 5.41) is 21.3. The van der Waals surface area contributed by atoms with E-state index in [-0.39, 0.29) is 5.69 Å². The summed E-state index contributed by atoms with van der Waals surface area (Å²) in [6.45, 7) is 0. The molecule has 0 bridgehead atoms. The second kappa shape index (κ2) is 5.26. The smallest absolute Gasteiger partial charge is 0.154 e. The third-order valence-electron chi connectivity index (χ3n) is 2.47. The van der Waals surface area contributed by atoms with Gasteiger partial charge >= 0.3 is 0 Å². The second-order valence-corrected chi connectivity index (χ2v) is 4.10. The molecule has 2 rings (SSSR count). The van der Waals surface area contributed by atoms with Crippen LogP contribution in [0.5, 0.6) is 0 Å². The number of anilines is 3. The van der Waals surface area contributed by atoms with Crippen molar-refractivity contribution in [2.75, 3.05) is 11.1 Å². The number of benzene rings is 1. The molecule has 1 aromatic heterocycles. The molecule has 19 heavy (non-hydrogen) atoms. The Hall–Kier alpha value is -2.76. The maximum Gasteiger partial charge on any atom is 0.154 e. The van der Waals surface area contributed by atoms with Crippen LogP contribution in [0.2, 0.25) is 5.02 Å². The minimum atomic E-state index is 0.230. The highest BCUT2D eigenvalue weighted by molar-refractivity contribution is 6.30.